The van der Waals surface area contributed by atoms with Crippen molar-refractivity contribution in [3.8, 4) is 11.1 Å². The molecule has 0 radical (unpaired) electrons. The first kappa shape index (κ1) is 16.4. The quantitative estimate of drug-likeness (QED) is 0.468. The van der Waals surface area contributed by atoms with Crippen LogP contribution in [0.15, 0.2) is 96.2 Å². The van der Waals surface area contributed by atoms with Gasteiger partial charge in [-0.25, -0.2) is 4.98 Å². The minimum Gasteiger partial charge on any atom is -0.294 e. The summed E-state index contributed by atoms with van der Waals surface area (Å²) in [6.45, 7) is 0.486. The molecule has 0 saturated carbocycles. The van der Waals surface area contributed by atoms with Crippen molar-refractivity contribution < 1.29 is 0 Å². The number of pyridine rings is 1. The lowest BCUT2D eigenvalue weighted by molar-refractivity contribution is 0.748. The van der Waals surface area contributed by atoms with Crippen LogP contribution in [-0.2, 0) is 6.54 Å². The summed E-state index contributed by atoms with van der Waals surface area (Å²) in [5.41, 5.74) is 4.99. The Hall–Kier alpha value is -3.79. The normalized spacial score (nSPS) is 11.1. The SMILES string of the molecule is O=c1c2ccccc2ncn1Cc1cccc(-c2ccc3ncccc3c2)c1. The van der Waals surface area contributed by atoms with E-state index >= 15 is 0 Å². The third-order valence-electron chi connectivity index (χ3n) is 4.95. The van der Waals surface area contributed by atoms with E-state index in [1.807, 2.05) is 48.5 Å². The first-order chi connectivity index (χ1) is 13.8. The van der Waals surface area contributed by atoms with E-state index < -0.39 is 0 Å². The highest BCUT2D eigenvalue weighted by molar-refractivity contribution is 5.84. The summed E-state index contributed by atoms with van der Waals surface area (Å²) in [7, 11) is 0. The van der Waals surface area contributed by atoms with Crippen LogP contribution in [0, 0.1) is 0 Å². The summed E-state index contributed by atoms with van der Waals surface area (Å²) in [6.07, 6.45) is 3.43. The van der Waals surface area contributed by atoms with Crippen LogP contribution in [0.3, 0.4) is 0 Å². The van der Waals surface area contributed by atoms with E-state index in [-0.39, 0.29) is 5.56 Å². The number of rotatable bonds is 3. The highest BCUT2D eigenvalue weighted by Gasteiger charge is 2.06. The molecule has 28 heavy (non-hydrogen) atoms. The number of hydrogen-bond donors (Lipinski definition) is 0. The smallest absolute Gasteiger partial charge is 0.261 e. The molecule has 3 aromatic carbocycles. The van der Waals surface area contributed by atoms with Gasteiger partial charge in [0.25, 0.3) is 5.56 Å². The molecule has 0 aliphatic heterocycles. The van der Waals surface area contributed by atoms with Gasteiger partial charge in [-0.2, -0.15) is 0 Å². The molecule has 4 nitrogen and oxygen atoms in total. The van der Waals surface area contributed by atoms with Gasteiger partial charge in [-0.05, 0) is 53.1 Å². The number of hydrogen-bond acceptors (Lipinski definition) is 3. The van der Waals surface area contributed by atoms with Gasteiger partial charge in [0, 0.05) is 11.6 Å². The summed E-state index contributed by atoms with van der Waals surface area (Å²) in [5.74, 6) is 0. The van der Waals surface area contributed by atoms with Gasteiger partial charge in [-0.1, -0.05) is 42.5 Å². The van der Waals surface area contributed by atoms with Crippen molar-refractivity contribution in [3.63, 3.8) is 0 Å². The van der Waals surface area contributed by atoms with E-state index in [0.29, 0.717) is 11.9 Å². The molecular weight excluding hydrogens is 346 g/mol. The summed E-state index contributed by atoms with van der Waals surface area (Å²) < 4.78 is 1.66. The molecule has 0 unspecified atom stereocenters. The van der Waals surface area contributed by atoms with Crippen molar-refractivity contribution in [2.24, 2.45) is 0 Å². The molecule has 0 aliphatic carbocycles. The molecule has 2 aromatic heterocycles. The summed E-state index contributed by atoms with van der Waals surface area (Å²) in [4.78, 5) is 21.5. The Balaban J connectivity index is 1.52. The Morgan fingerprint density at radius 3 is 2.61 bits per heavy atom. The third-order valence-corrected chi connectivity index (χ3v) is 4.95. The number of benzene rings is 3. The molecule has 0 amide bonds. The van der Waals surface area contributed by atoms with Crippen molar-refractivity contribution in [1.29, 1.82) is 0 Å². The van der Waals surface area contributed by atoms with Crippen molar-refractivity contribution in [1.82, 2.24) is 14.5 Å². The van der Waals surface area contributed by atoms with Crippen LogP contribution >= 0.6 is 0 Å². The number of fused-ring (bicyclic) bond motifs is 2. The van der Waals surface area contributed by atoms with E-state index in [0.717, 1.165) is 33.1 Å². The monoisotopic (exact) mass is 363 g/mol. The van der Waals surface area contributed by atoms with Crippen molar-refractivity contribution >= 4 is 21.8 Å². The van der Waals surface area contributed by atoms with E-state index in [1.54, 1.807) is 17.1 Å². The average Bonchev–Trinajstić information content (AvgIpc) is 2.76. The second-order valence-corrected chi connectivity index (χ2v) is 6.81. The zero-order valence-corrected chi connectivity index (χ0v) is 15.1. The van der Waals surface area contributed by atoms with Crippen LogP contribution < -0.4 is 5.56 Å². The second-order valence-electron chi connectivity index (χ2n) is 6.81. The molecule has 0 spiro atoms. The molecule has 0 atom stereocenters. The maximum absolute atomic E-state index is 12.8. The molecule has 0 aliphatic rings. The molecule has 0 fully saturated rings. The minimum absolute atomic E-state index is 0.0206. The van der Waals surface area contributed by atoms with Crippen LogP contribution in [0.25, 0.3) is 32.9 Å². The summed E-state index contributed by atoms with van der Waals surface area (Å²) >= 11 is 0. The largest absolute Gasteiger partial charge is 0.294 e. The topological polar surface area (TPSA) is 47.8 Å². The molecule has 0 bridgehead atoms. The van der Waals surface area contributed by atoms with Gasteiger partial charge in [0.2, 0.25) is 0 Å². The fraction of sp³-hybridized carbons (Fsp3) is 0.0417. The lowest BCUT2D eigenvalue weighted by atomic mass is 10.0. The summed E-state index contributed by atoms with van der Waals surface area (Å²) in [6, 6.07) is 26.0. The standard InChI is InChI=1S/C24H17N3O/c28-24-21-8-1-2-9-23(21)26-16-27(24)15-17-5-3-6-18(13-17)19-10-11-22-20(14-19)7-4-12-25-22/h1-14,16H,15H2. The lowest BCUT2D eigenvalue weighted by Gasteiger charge is -2.09. The van der Waals surface area contributed by atoms with Crippen molar-refractivity contribution in [2.45, 2.75) is 6.54 Å². The van der Waals surface area contributed by atoms with E-state index in [9.17, 15) is 4.79 Å². The maximum Gasteiger partial charge on any atom is 0.261 e. The van der Waals surface area contributed by atoms with Gasteiger partial charge in [-0.15, -0.1) is 0 Å². The fourth-order valence-corrected chi connectivity index (χ4v) is 3.52. The Morgan fingerprint density at radius 1 is 0.750 bits per heavy atom. The lowest BCUT2D eigenvalue weighted by Crippen LogP contribution is -2.21. The molecule has 0 N–H and O–H groups in total. The number of para-hydroxylation sites is 1. The highest BCUT2D eigenvalue weighted by Crippen LogP contribution is 2.24. The van der Waals surface area contributed by atoms with Crippen LogP contribution in [0.2, 0.25) is 0 Å². The van der Waals surface area contributed by atoms with Crippen molar-refractivity contribution in [2.75, 3.05) is 0 Å². The van der Waals surface area contributed by atoms with Gasteiger partial charge in [0.1, 0.15) is 0 Å². The Morgan fingerprint density at radius 2 is 1.64 bits per heavy atom. The van der Waals surface area contributed by atoms with E-state index in [1.165, 1.54) is 0 Å². The molecule has 2 heterocycles. The number of aromatic nitrogens is 3. The van der Waals surface area contributed by atoms with E-state index in [4.69, 9.17) is 0 Å². The third kappa shape index (κ3) is 2.95. The molecular formula is C24H17N3O. The molecule has 0 saturated heterocycles. The minimum atomic E-state index is -0.0206. The van der Waals surface area contributed by atoms with Gasteiger partial charge >= 0.3 is 0 Å². The fourth-order valence-electron chi connectivity index (χ4n) is 3.52. The maximum atomic E-state index is 12.8. The number of nitrogens with zero attached hydrogens (tertiary/aromatic N) is 3. The van der Waals surface area contributed by atoms with Crippen molar-refractivity contribution in [3.05, 3.63) is 107 Å². The van der Waals surface area contributed by atoms with E-state index in [2.05, 4.69) is 40.3 Å². The molecule has 134 valence electrons. The zero-order chi connectivity index (χ0) is 18.9. The second kappa shape index (κ2) is 6.74. The average molecular weight is 363 g/mol. The molecule has 5 aromatic rings. The van der Waals surface area contributed by atoms with Crippen LogP contribution in [-0.4, -0.2) is 14.5 Å². The van der Waals surface area contributed by atoms with Crippen LogP contribution in [0.1, 0.15) is 5.56 Å². The highest BCUT2D eigenvalue weighted by atomic mass is 16.1. The van der Waals surface area contributed by atoms with Crippen LogP contribution in [0.4, 0.5) is 0 Å². The Labute approximate surface area is 161 Å². The van der Waals surface area contributed by atoms with Crippen LogP contribution in [0.5, 0.6) is 0 Å². The predicted octanol–water partition coefficient (Wildman–Crippen LogP) is 4.66. The van der Waals surface area contributed by atoms with Gasteiger partial charge in [0.05, 0.1) is 29.3 Å². The summed E-state index contributed by atoms with van der Waals surface area (Å²) in [5, 5.41) is 1.75. The van der Waals surface area contributed by atoms with Gasteiger partial charge in [-0.3, -0.25) is 14.3 Å². The molecule has 4 heteroatoms. The first-order valence-electron chi connectivity index (χ1n) is 9.16. The van der Waals surface area contributed by atoms with Gasteiger partial charge < -0.3 is 0 Å². The van der Waals surface area contributed by atoms with Gasteiger partial charge in [0.15, 0.2) is 0 Å². The Kier molecular flexibility index (Phi) is 3.95. The molecule has 5 rings (SSSR count). The first-order valence-corrected chi connectivity index (χ1v) is 9.16. The Bertz CT molecular complexity index is 1370. The zero-order valence-electron chi connectivity index (χ0n) is 15.1. The predicted molar refractivity (Wildman–Crippen MR) is 112 cm³/mol.